The minimum Gasteiger partial charge on any atom is -0.305 e. The van der Waals surface area contributed by atoms with E-state index in [1.54, 1.807) is 0 Å². The van der Waals surface area contributed by atoms with Crippen molar-refractivity contribution in [2.45, 2.75) is 19.4 Å². The van der Waals surface area contributed by atoms with E-state index in [1.165, 1.54) is 5.56 Å². The minimum absolute atomic E-state index is 0.0354. The number of aromatic nitrogens is 1. The Morgan fingerprint density at radius 3 is 2.50 bits per heavy atom. The molecule has 0 bridgehead atoms. The van der Waals surface area contributed by atoms with Gasteiger partial charge in [0.1, 0.15) is 0 Å². The summed E-state index contributed by atoms with van der Waals surface area (Å²) in [5.74, 6) is 0.0354. The van der Waals surface area contributed by atoms with Crippen molar-refractivity contribution in [3.8, 4) is 11.3 Å². The second kappa shape index (κ2) is 6.61. The van der Waals surface area contributed by atoms with Crippen LogP contribution in [0.2, 0.25) is 0 Å². The van der Waals surface area contributed by atoms with E-state index in [-0.39, 0.29) is 11.9 Å². The molecular weight excluding hydrogens is 344 g/mol. The average molecular weight is 364 g/mol. The summed E-state index contributed by atoms with van der Waals surface area (Å²) in [6.45, 7) is 2.11. The molecule has 1 atom stereocenters. The van der Waals surface area contributed by atoms with E-state index in [0.29, 0.717) is 5.56 Å². The maximum Gasteiger partial charge on any atom is 0.259 e. The first-order valence-corrected chi connectivity index (χ1v) is 9.59. The summed E-state index contributed by atoms with van der Waals surface area (Å²) < 4.78 is 0. The Balaban J connectivity index is 1.69. The van der Waals surface area contributed by atoms with Crippen LogP contribution in [0.3, 0.4) is 0 Å². The highest BCUT2D eigenvalue weighted by Crippen LogP contribution is 2.35. The number of pyridine rings is 1. The number of anilines is 1. The Morgan fingerprint density at radius 2 is 1.64 bits per heavy atom. The number of hydrogen-bond acceptors (Lipinski definition) is 2. The summed E-state index contributed by atoms with van der Waals surface area (Å²) in [5.41, 5.74) is 5.62. The monoisotopic (exact) mass is 364 g/mol. The van der Waals surface area contributed by atoms with Crippen molar-refractivity contribution in [2.75, 3.05) is 4.90 Å². The summed E-state index contributed by atoms with van der Waals surface area (Å²) in [4.78, 5) is 20.5. The largest absolute Gasteiger partial charge is 0.305 e. The molecule has 28 heavy (non-hydrogen) atoms. The Morgan fingerprint density at radius 1 is 0.929 bits per heavy atom. The summed E-state index contributed by atoms with van der Waals surface area (Å²) in [5, 5.41) is 0.892. The molecule has 0 spiro atoms. The van der Waals surface area contributed by atoms with E-state index in [4.69, 9.17) is 4.98 Å². The van der Waals surface area contributed by atoms with Gasteiger partial charge in [0.15, 0.2) is 0 Å². The maximum atomic E-state index is 13.7. The summed E-state index contributed by atoms with van der Waals surface area (Å²) in [7, 11) is 0. The van der Waals surface area contributed by atoms with E-state index < -0.39 is 0 Å². The minimum atomic E-state index is 0.0354. The zero-order valence-corrected chi connectivity index (χ0v) is 15.7. The van der Waals surface area contributed by atoms with Gasteiger partial charge in [0, 0.05) is 22.7 Å². The van der Waals surface area contributed by atoms with Gasteiger partial charge in [-0.05, 0) is 37.1 Å². The molecule has 0 fully saturated rings. The molecule has 0 N–H and O–H groups in total. The standard InChI is InChI=1S/C25H20N2O/c1-17-15-19-11-5-8-14-24(19)27(17)25(28)21-16-23(18-9-3-2-4-10-18)26-22-13-7-6-12-20(21)22/h2-14,16-17H,15H2,1H3. The predicted molar refractivity (Wildman–Crippen MR) is 114 cm³/mol. The lowest BCUT2D eigenvalue weighted by atomic mass is 10.0. The number of carbonyl (C=O) groups is 1. The molecule has 4 aromatic rings. The zero-order chi connectivity index (χ0) is 19.1. The van der Waals surface area contributed by atoms with Gasteiger partial charge in [0.25, 0.3) is 5.91 Å². The lowest BCUT2D eigenvalue weighted by Crippen LogP contribution is -2.35. The van der Waals surface area contributed by atoms with Gasteiger partial charge < -0.3 is 4.90 Å². The van der Waals surface area contributed by atoms with Crippen LogP contribution in [0.5, 0.6) is 0 Å². The zero-order valence-electron chi connectivity index (χ0n) is 15.7. The topological polar surface area (TPSA) is 33.2 Å². The summed E-state index contributed by atoms with van der Waals surface area (Å²) in [6, 6.07) is 28.2. The number of para-hydroxylation sites is 2. The first kappa shape index (κ1) is 16.7. The predicted octanol–water partition coefficient (Wildman–Crippen LogP) is 5.49. The highest BCUT2D eigenvalue weighted by atomic mass is 16.2. The Kier molecular flexibility index (Phi) is 3.94. The molecule has 0 saturated carbocycles. The van der Waals surface area contributed by atoms with Gasteiger partial charge in [-0.1, -0.05) is 66.7 Å². The van der Waals surface area contributed by atoms with Crippen molar-refractivity contribution < 1.29 is 4.79 Å². The van der Waals surface area contributed by atoms with Crippen LogP contribution in [0.1, 0.15) is 22.8 Å². The van der Waals surface area contributed by atoms with Crippen molar-refractivity contribution in [3.05, 3.63) is 96.1 Å². The van der Waals surface area contributed by atoms with Crippen molar-refractivity contribution in [3.63, 3.8) is 0 Å². The SMILES string of the molecule is CC1Cc2ccccc2N1C(=O)c1cc(-c2ccccc2)nc2ccccc12. The lowest BCUT2D eigenvalue weighted by molar-refractivity contribution is 0.0983. The fourth-order valence-corrected chi connectivity index (χ4v) is 4.11. The number of rotatable bonds is 2. The molecule has 136 valence electrons. The highest BCUT2D eigenvalue weighted by Gasteiger charge is 2.32. The Hall–Kier alpha value is -3.46. The van der Waals surface area contributed by atoms with Crippen LogP contribution in [0.15, 0.2) is 84.9 Å². The lowest BCUT2D eigenvalue weighted by Gasteiger charge is -2.24. The third kappa shape index (κ3) is 2.67. The van der Waals surface area contributed by atoms with E-state index in [9.17, 15) is 4.79 Å². The average Bonchev–Trinajstić information content (AvgIpc) is 3.08. The van der Waals surface area contributed by atoms with Gasteiger partial charge >= 0.3 is 0 Å². The van der Waals surface area contributed by atoms with Crippen molar-refractivity contribution in [2.24, 2.45) is 0 Å². The molecule has 0 radical (unpaired) electrons. The Bertz CT molecular complexity index is 1180. The normalized spacial score (nSPS) is 15.6. The van der Waals surface area contributed by atoms with Crippen molar-refractivity contribution in [1.82, 2.24) is 4.98 Å². The molecule has 0 saturated heterocycles. The summed E-state index contributed by atoms with van der Waals surface area (Å²) >= 11 is 0. The van der Waals surface area contributed by atoms with E-state index in [2.05, 4.69) is 13.0 Å². The van der Waals surface area contributed by atoms with Crippen LogP contribution < -0.4 is 4.90 Å². The smallest absolute Gasteiger partial charge is 0.259 e. The second-order valence-corrected chi connectivity index (χ2v) is 7.30. The fraction of sp³-hybridized carbons (Fsp3) is 0.120. The maximum absolute atomic E-state index is 13.7. The van der Waals surface area contributed by atoms with Crippen LogP contribution >= 0.6 is 0 Å². The molecule has 5 rings (SSSR count). The first-order chi connectivity index (χ1) is 13.7. The molecule has 2 heterocycles. The third-order valence-electron chi connectivity index (χ3n) is 5.44. The molecule has 1 aromatic heterocycles. The van der Waals surface area contributed by atoms with E-state index in [0.717, 1.165) is 34.3 Å². The second-order valence-electron chi connectivity index (χ2n) is 7.30. The van der Waals surface area contributed by atoms with Gasteiger partial charge in [-0.2, -0.15) is 0 Å². The first-order valence-electron chi connectivity index (χ1n) is 9.59. The van der Waals surface area contributed by atoms with Crippen LogP contribution in [0, 0.1) is 0 Å². The van der Waals surface area contributed by atoms with Gasteiger partial charge in [-0.25, -0.2) is 4.98 Å². The number of nitrogens with zero attached hydrogens (tertiary/aromatic N) is 2. The highest BCUT2D eigenvalue weighted by molar-refractivity contribution is 6.15. The number of fused-ring (bicyclic) bond motifs is 2. The molecule has 3 nitrogen and oxygen atoms in total. The molecule has 3 aromatic carbocycles. The number of carbonyl (C=O) groups excluding carboxylic acids is 1. The molecule has 1 aliphatic rings. The molecule has 1 amide bonds. The molecule has 0 aliphatic carbocycles. The number of hydrogen-bond donors (Lipinski definition) is 0. The van der Waals surface area contributed by atoms with Crippen molar-refractivity contribution >= 4 is 22.5 Å². The fourth-order valence-electron chi connectivity index (χ4n) is 4.11. The van der Waals surface area contributed by atoms with Crippen molar-refractivity contribution in [1.29, 1.82) is 0 Å². The van der Waals surface area contributed by atoms with Gasteiger partial charge in [0.05, 0.1) is 16.8 Å². The van der Waals surface area contributed by atoms with Crippen LogP contribution in [0.25, 0.3) is 22.2 Å². The van der Waals surface area contributed by atoms with Crippen LogP contribution in [0.4, 0.5) is 5.69 Å². The van der Waals surface area contributed by atoms with Gasteiger partial charge in [0.2, 0.25) is 0 Å². The summed E-state index contributed by atoms with van der Waals surface area (Å²) in [6.07, 6.45) is 0.885. The van der Waals surface area contributed by atoms with Gasteiger partial charge in [-0.3, -0.25) is 4.79 Å². The molecule has 3 heteroatoms. The number of amides is 1. The molecule has 1 unspecified atom stereocenters. The van der Waals surface area contributed by atoms with E-state index in [1.807, 2.05) is 83.8 Å². The Labute approximate surface area is 164 Å². The number of benzene rings is 3. The third-order valence-corrected chi connectivity index (χ3v) is 5.44. The van der Waals surface area contributed by atoms with Crippen LogP contribution in [-0.2, 0) is 6.42 Å². The quantitative estimate of drug-likeness (QED) is 0.471. The van der Waals surface area contributed by atoms with E-state index >= 15 is 0 Å². The molecule has 1 aliphatic heterocycles. The molecular formula is C25H20N2O. The van der Waals surface area contributed by atoms with Crippen LogP contribution in [-0.4, -0.2) is 16.9 Å². The van der Waals surface area contributed by atoms with Gasteiger partial charge in [-0.15, -0.1) is 0 Å².